The molecule has 2 aromatic rings. The fraction of sp³-hybridized carbons (Fsp3) is 0.467. The van der Waals surface area contributed by atoms with Crippen molar-refractivity contribution in [1.29, 1.82) is 0 Å². The molecule has 0 fully saturated rings. The molecule has 0 aliphatic rings. The van der Waals surface area contributed by atoms with Crippen molar-refractivity contribution in [2.24, 2.45) is 7.05 Å². The lowest BCUT2D eigenvalue weighted by Crippen LogP contribution is -2.19. The normalized spacial score (nSPS) is 10.8. The van der Waals surface area contributed by atoms with Gasteiger partial charge in [-0.15, -0.1) is 0 Å². The standard InChI is InChI=1S/C15H23N5/c1-5-16-9-14-6-7-15(18-12(14)2)19(3)10-13-8-17-20(4)11-13/h6-8,11,16H,5,9-10H2,1-4H3. The highest BCUT2D eigenvalue weighted by Crippen LogP contribution is 2.15. The van der Waals surface area contributed by atoms with Crippen LogP contribution in [-0.4, -0.2) is 28.4 Å². The number of nitrogens with zero attached hydrogens (tertiary/aromatic N) is 4. The van der Waals surface area contributed by atoms with Crippen LogP contribution in [0.4, 0.5) is 5.82 Å². The molecule has 0 aromatic carbocycles. The van der Waals surface area contributed by atoms with E-state index in [1.807, 2.05) is 24.1 Å². The average molecular weight is 273 g/mol. The monoisotopic (exact) mass is 273 g/mol. The molecule has 0 radical (unpaired) electrons. The lowest BCUT2D eigenvalue weighted by molar-refractivity contribution is 0.719. The second kappa shape index (κ2) is 6.52. The van der Waals surface area contributed by atoms with Crippen molar-refractivity contribution in [1.82, 2.24) is 20.1 Å². The number of hydrogen-bond donors (Lipinski definition) is 1. The van der Waals surface area contributed by atoms with E-state index < -0.39 is 0 Å². The van der Waals surface area contributed by atoms with Crippen molar-refractivity contribution in [3.63, 3.8) is 0 Å². The molecule has 0 saturated carbocycles. The maximum absolute atomic E-state index is 4.69. The summed E-state index contributed by atoms with van der Waals surface area (Å²) in [4.78, 5) is 6.83. The summed E-state index contributed by atoms with van der Waals surface area (Å²) < 4.78 is 1.82. The first-order chi connectivity index (χ1) is 9.60. The second-order valence-electron chi connectivity index (χ2n) is 5.07. The largest absolute Gasteiger partial charge is 0.355 e. The number of rotatable bonds is 6. The Morgan fingerprint density at radius 2 is 2.15 bits per heavy atom. The van der Waals surface area contributed by atoms with Crippen molar-refractivity contribution in [3.8, 4) is 0 Å². The zero-order valence-corrected chi connectivity index (χ0v) is 12.7. The van der Waals surface area contributed by atoms with Crippen molar-refractivity contribution in [2.45, 2.75) is 26.9 Å². The van der Waals surface area contributed by atoms with Crippen molar-refractivity contribution >= 4 is 5.82 Å². The van der Waals surface area contributed by atoms with Gasteiger partial charge >= 0.3 is 0 Å². The predicted octanol–water partition coefficient (Wildman–Crippen LogP) is 1.87. The van der Waals surface area contributed by atoms with Crippen molar-refractivity contribution < 1.29 is 0 Å². The van der Waals surface area contributed by atoms with E-state index in [9.17, 15) is 0 Å². The van der Waals surface area contributed by atoms with Crippen LogP contribution in [0.25, 0.3) is 0 Å². The zero-order chi connectivity index (χ0) is 14.5. The molecule has 0 bridgehead atoms. The van der Waals surface area contributed by atoms with Crippen LogP contribution in [0.3, 0.4) is 0 Å². The molecule has 0 aliphatic carbocycles. The Labute approximate surface area is 120 Å². The molecular weight excluding hydrogens is 250 g/mol. The van der Waals surface area contributed by atoms with Gasteiger partial charge in [0.15, 0.2) is 0 Å². The molecule has 0 saturated heterocycles. The summed E-state index contributed by atoms with van der Waals surface area (Å²) >= 11 is 0. The number of pyridine rings is 1. The van der Waals surface area contributed by atoms with E-state index in [-0.39, 0.29) is 0 Å². The van der Waals surface area contributed by atoms with E-state index in [0.717, 1.165) is 31.1 Å². The highest BCUT2D eigenvalue weighted by atomic mass is 15.2. The van der Waals surface area contributed by atoms with Crippen molar-refractivity contribution in [2.75, 3.05) is 18.5 Å². The van der Waals surface area contributed by atoms with Crippen LogP contribution in [0.5, 0.6) is 0 Å². The first-order valence-corrected chi connectivity index (χ1v) is 6.96. The summed E-state index contributed by atoms with van der Waals surface area (Å²) in [5, 5.41) is 7.52. The molecule has 0 spiro atoms. The maximum Gasteiger partial charge on any atom is 0.128 e. The van der Waals surface area contributed by atoms with Gasteiger partial charge in [0.05, 0.1) is 6.20 Å². The molecule has 0 atom stereocenters. The van der Waals surface area contributed by atoms with Crippen LogP contribution in [0, 0.1) is 6.92 Å². The molecule has 108 valence electrons. The van der Waals surface area contributed by atoms with Crippen LogP contribution in [0.2, 0.25) is 0 Å². The van der Waals surface area contributed by atoms with E-state index in [2.05, 4.69) is 53.3 Å². The molecule has 2 rings (SSSR count). The van der Waals surface area contributed by atoms with Gasteiger partial charge in [-0.1, -0.05) is 13.0 Å². The molecule has 2 aromatic heterocycles. The van der Waals surface area contributed by atoms with Gasteiger partial charge in [0, 0.05) is 44.6 Å². The molecule has 0 aliphatic heterocycles. The quantitative estimate of drug-likeness (QED) is 0.873. The fourth-order valence-electron chi connectivity index (χ4n) is 2.14. The Bertz CT molecular complexity index is 561. The van der Waals surface area contributed by atoms with E-state index in [1.54, 1.807) is 0 Å². The summed E-state index contributed by atoms with van der Waals surface area (Å²) in [6, 6.07) is 4.23. The number of aryl methyl sites for hydroxylation is 2. The van der Waals surface area contributed by atoms with Crippen LogP contribution in [0.1, 0.15) is 23.7 Å². The smallest absolute Gasteiger partial charge is 0.128 e. The zero-order valence-electron chi connectivity index (χ0n) is 12.7. The van der Waals surface area contributed by atoms with Gasteiger partial charge in [-0.3, -0.25) is 4.68 Å². The van der Waals surface area contributed by atoms with Crippen LogP contribution in [-0.2, 0) is 20.1 Å². The summed E-state index contributed by atoms with van der Waals surface area (Å²) in [5.41, 5.74) is 3.53. The van der Waals surface area contributed by atoms with E-state index in [0.29, 0.717) is 0 Å². The second-order valence-corrected chi connectivity index (χ2v) is 5.07. The average Bonchev–Trinajstić information content (AvgIpc) is 2.82. The third-order valence-electron chi connectivity index (χ3n) is 3.32. The summed E-state index contributed by atoms with van der Waals surface area (Å²) in [6.07, 6.45) is 3.92. The Kier molecular flexibility index (Phi) is 4.74. The van der Waals surface area contributed by atoms with Gasteiger partial charge in [0.1, 0.15) is 5.82 Å². The predicted molar refractivity (Wildman–Crippen MR) is 81.7 cm³/mol. The molecule has 20 heavy (non-hydrogen) atoms. The van der Waals surface area contributed by atoms with Gasteiger partial charge < -0.3 is 10.2 Å². The minimum Gasteiger partial charge on any atom is -0.355 e. The van der Waals surface area contributed by atoms with Crippen LogP contribution < -0.4 is 10.2 Å². The number of nitrogens with one attached hydrogen (secondary N) is 1. The number of anilines is 1. The number of aromatic nitrogens is 3. The summed E-state index contributed by atoms with van der Waals surface area (Å²) in [5.74, 6) is 0.992. The first-order valence-electron chi connectivity index (χ1n) is 6.96. The van der Waals surface area contributed by atoms with Gasteiger partial charge in [0.2, 0.25) is 0 Å². The minimum atomic E-state index is 0.812. The Morgan fingerprint density at radius 1 is 1.35 bits per heavy atom. The molecule has 0 amide bonds. The summed E-state index contributed by atoms with van der Waals surface area (Å²) in [7, 11) is 3.99. The maximum atomic E-state index is 4.69. The summed E-state index contributed by atoms with van der Waals surface area (Å²) in [6.45, 7) is 6.84. The molecule has 2 heterocycles. The fourth-order valence-corrected chi connectivity index (χ4v) is 2.14. The molecule has 0 unspecified atom stereocenters. The van der Waals surface area contributed by atoms with Crippen LogP contribution in [0.15, 0.2) is 24.5 Å². The minimum absolute atomic E-state index is 0.812. The van der Waals surface area contributed by atoms with Gasteiger partial charge in [0.25, 0.3) is 0 Å². The van der Waals surface area contributed by atoms with Crippen LogP contribution >= 0.6 is 0 Å². The molecule has 1 N–H and O–H groups in total. The Hall–Kier alpha value is -1.88. The van der Waals surface area contributed by atoms with E-state index in [1.165, 1.54) is 11.1 Å². The van der Waals surface area contributed by atoms with E-state index >= 15 is 0 Å². The molecule has 5 nitrogen and oxygen atoms in total. The molecular formula is C15H23N5. The Balaban J connectivity index is 2.06. The first kappa shape index (κ1) is 14.5. The van der Waals surface area contributed by atoms with Crippen molar-refractivity contribution in [3.05, 3.63) is 41.3 Å². The number of hydrogen-bond acceptors (Lipinski definition) is 4. The highest BCUT2D eigenvalue weighted by Gasteiger charge is 2.07. The van der Waals surface area contributed by atoms with Gasteiger partial charge in [-0.05, 0) is 25.1 Å². The Morgan fingerprint density at radius 3 is 2.75 bits per heavy atom. The van der Waals surface area contributed by atoms with Gasteiger partial charge in [-0.25, -0.2) is 4.98 Å². The third-order valence-corrected chi connectivity index (χ3v) is 3.32. The van der Waals surface area contributed by atoms with Gasteiger partial charge in [-0.2, -0.15) is 5.10 Å². The van der Waals surface area contributed by atoms with E-state index in [4.69, 9.17) is 0 Å². The SMILES string of the molecule is CCNCc1ccc(N(C)Cc2cnn(C)c2)nc1C. The lowest BCUT2D eigenvalue weighted by atomic mass is 10.2. The molecule has 5 heteroatoms. The highest BCUT2D eigenvalue weighted by molar-refractivity contribution is 5.41. The topological polar surface area (TPSA) is 46.0 Å². The lowest BCUT2D eigenvalue weighted by Gasteiger charge is -2.18. The third kappa shape index (κ3) is 3.57.